The minimum atomic E-state index is -0.140. The van der Waals surface area contributed by atoms with Crippen LogP contribution in [0.1, 0.15) is 0 Å². The van der Waals surface area contributed by atoms with Gasteiger partial charge in [0.15, 0.2) is 0 Å². The smallest absolute Gasteiger partial charge is 0.0858 e. The van der Waals surface area contributed by atoms with Gasteiger partial charge in [-0.3, -0.25) is 0 Å². The van der Waals surface area contributed by atoms with Crippen LogP contribution in [0.3, 0.4) is 0 Å². The molecule has 0 aliphatic rings. The van der Waals surface area contributed by atoms with E-state index in [1.165, 1.54) is 11.4 Å². The van der Waals surface area contributed by atoms with Gasteiger partial charge in [0.2, 0.25) is 0 Å². The molecule has 0 aromatic heterocycles. The van der Waals surface area contributed by atoms with Crippen LogP contribution >= 0.6 is 0 Å². The van der Waals surface area contributed by atoms with Crippen molar-refractivity contribution in [1.82, 2.24) is 0 Å². The zero-order chi connectivity index (χ0) is 9.36. The normalized spacial score (nSPS) is 11.1. The van der Waals surface area contributed by atoms with Gasteiger partial charge in [-0.25, -0.2) is 0 Å². The lowest BCUT2D eigenvalue weighted by Gasteiger charge is -1.95. The van der Waals surface area contributed by atoms with Crippen molar-refractivity contribution in [2.24, 2.45) is 0 Å². The monoisotopic (exact) mass is 190 g/mol. The molecule has 0 N–H and O–H groups in total. The van der Waals surface area contributed by atoms with E-state index in [1.54, 1.807) is 6.26 Å². The summed E-state index contributed by atoms with van der Waals surface area (Å²) in [6.07, 6.45) is 5.18. The Kier molecular flexibility index (Phi) is 4.72. The first-order chi connectivity index (χ1) is 6.43. The Labute approximate surface area is 81.6 Å². The van der Waals surface area contributed by atoms with Crippen molar-refractivity contribution < 1.29 is 4.74 Å². The molecule has 68 valence electrons. The SMILES string of the molecule is C=COC=CC[SiH2]c1ccccc1. The third-order valence-electron chi connectivity index (χ3n) is 1.71. The van der Waals surface area contributed by atoms with E-state index in [-0.39, 0.29) is 9.52 Å². The molecule has 2 heteroatoms. The lowest BCUT2D eigenvalue weighted by Crippen LogP contribution is -2.11. The van der Waals surface area contributed by atoms with Gasteiger partial charge in [0.05, 0.1) is 22.0 Å². The number of benzene rings is 1. The second kappa shape index (κ2) is 6.26. The van der Waals surface area contributed by atoms with Gasteiger partial charge >= 0.3 is 0 Å². The standard InChI is InChI=1S/C11H14OSi/c1-2-12-9-6-10-13-11-7-4-3-5-8-11/h2-9H,1,10,13H2. The maximum absolute atomic E-state index is 4.88. The molecule has 0 spiro atoms. The molecular weight excluding hydrogens is 176 g/mol. The molecule has 0 saturated carbocycles. The summed E-state index contributed by atoms with van der Waals surface area (Å²) in [6, 6.07) is 11.7. The number of rotatable bonds is 5. The summed E-state index contributed by atoms with van der Waals surface area (Å²) in [5.41, 5.74) is 0. The summed E-state index contributed by atoms with van der Waals surface area (Å²) >= 11 is 0. The van der Waals surface area contributed by atoms with Crippen LogP contribution in [-0.2, 0) is 4.74 Å². The third-order valence-corrected chi connectivity index (χ3v) is 3.38. The van der Waals surface area contributed by atoms with Gasteiger partial charge in [0.25, 0.3) is 0 Å². The highest BCUT2D eigenvalue weighted by Crippen LogP contribution is 1.87. The Bertz CT molecular complexity index is 267. The minimum Gasteiger partial charge on any atom is -0.474 e. The first kappa shape index (κ1) is 9.80. The zero-order valence-corrected chi connectivity index (χ0v) is 9.06. The molecule has 0 atom stereocenters. The molecule has 13 heavy (non-hydrogen) atoms. The molecule has 0 unspecified atom stereocenters. The second-order valence-electron chi connectivity index (χ2n) is 2.70. The van der Waals surface area contributed by atoms with Gasteiger partial charge in [-0.15, -0.1) is 0 Å². The number of ether oxygens (including phenoxy) is 1. The fourth-order valence-corrected chi connectivity index (χ4v) is 2.32. The van der Waals surface area contributed by atoms with Crippen molar-refractivity contribution in [3.63, 3.8) is 0 Å². The summed E-state index contributed by atoms with van der Waals surface area (Å²) in [6.45, 7) is 3.45. The van der Waals surface area contributed by atoms with Gasteiger partial charge in [0.1, 0.15) is 0 Å². The van der Waals surface area contributed by atoms with Crippen LogP contribution < -0.4 is 5.19 Å². The first-order valence-corrected chi connectivity index (χ1v) is 6.09. The highest BCUT2D eigenvalue weighted by Gasteiger charge is 1.88. The Morgan fingerprint density at radius 2 is 2.08 bits per heavy atom. The van der Waals surface area contributed by atoms with Crippen LogP contribution in [0.25, 0.3) is 0 Å². The van der Waals surface area contributed by atoms with Crippen LogP contribution in [0.15, 0.2) is 55.5 Å². The minimum absolute atomic E-state index is 0.140. The summed E-state index contributed by atoms with van der Waals surface area (Å²) in [7, 11) is -0.140. The fourth-order valence-electron chi connectivity index (χ4n) is 1.07. The van der Waals surface area contributed by atoms with Crippen LogP contribution in [0.4, 0.5) is 0 Å². The van der Waals surface area contributed by atoms with E-state index in [0.29, 0.717) is 0 Å². The Morgan fingerprint density at radius 3 is 2.77 bits per heavy atom. The van der Waals surface area contributed by atoms with Gasteiger partial charge < -0.3 is 4.74 Å². The van der Waals surface area contributed by atoms with Gasteiger partial charge in [-0.2, -0.15) is 0 Å². The van der Waals surface area contributed by atoms with Gasteiger partial charge in [-0.05, 0) is 6.04 Å². The molecule has 0 heterocycles. The Hall–Kier alpha value is -1.28. The molecule has 1 aromatic rings. The van der Waals surface area contributed by atoms with Crippen LogP contribution in [0, 0.1) is 0 Å². The molecule has 1 rings (SSSR count). The summed E-state index contributed by atoms with van der Waals surface area (Å²) < 4.78 is 4.88. The molecule has 1 nitrogen and oxygen atoms in total. The van der Waals surface area contributed by atoms with E-state index in [0.717, 1.165) is 6.04 Å². The highest BCUT2D eigenvalue weighted by molar-refractivity contribution is 6.53. The summed E-state index contributed by atoms with van der Waals surface area (Å²) in [5.74, 6) is 0. The summed E-state index contributed by atoms with van der Waals surface area (Å²) in [5, 5.41) is 1.49. The van der Waals surface area contributed by atoms with E-state index in [4.69, 9.17) is 4.74 Å². The molecule has 0 amide bonds. The maximum Gasteiger partial charge on any atom is 0.0858 e. The Morgan fingerprint density at radius 1 is 1.31 bits per heavy atom. The molecular formula is C11H14OSi. The second-order valence-corrected chi connectivity index (χ2v) is 4.59. The van der Waals surface area contributed by atoms with Crippen LogP contribution in [0.2, 0.25) is 6.04 Å². The van der Waals surface area contributed by atoms with Gasteiger partial charge in [0, 0.05) is 0 Å². The van der Waals surface area contributed by atoms with Crippen molar-refractivity contribution >= 4 is 14.7 Å². The molecule has 0 saturated heterocycles. The van der Waals surface area contributed by atoms with Crippen molar-refractivity contribution in [3.05, 3.63) is 55.5 Å². The number of allylic oxidation sites excluding steroid dienone is 1. The van der Waals surface area contributed by atoms with Crippen molar-refractivity contribution in [1.29, 1.82) is 0 Å². The van der Waals surface area contributed by atoms with Crippen molar-refractivity contribution in [3.8, 4) is 0 Å². The van der Waals surface area contributed by atoms with Crippen LogP contribution in [0.5, 0.6) is 0 Å². The maximum atomic E-state index is 4.88. The van der Waals surface area contributed by atoms with E-state index < -0.39 is 0 Å². The molecule has 1 aromatic carbocycles. The van der Waals surface area contributed by atoms with E-state index in [9.17, 15) is 0 Å². The Balaban J connectivity index is 2.24. The van der Waals surface area contributed by atoms with Crippen molar-refractivity contribution in [2.45, 2.75) is 6.04 Å². The van der Waals surface area contributed by atoms with Gasteiger partial charge in [-0.1, -0.05) is 48.2 Å². The van der Waals surface area contributed by atoms with E-state index >= 15 is 0 Å². The van der Waals surface area contributed by atoms with Crippen molar-refractivity contribution in [2.75, 3.05) is 0 Å². The lowest BCUT2D eigenvalue weighted by molar-refractivity contribution is 0.404. The zero-order valence-electron chi connectivity index (χ0n) is 7.65. The summed E-state index contributed by atoms with van der Waals surface area (Å²) in [4.78, 5) is 0. The number of hydrogen-bond acceptors (Lipinski definition) is 1. The molecule has 0 aliphatic carbocycles. The molecule has 0 radical (unpaired) electrons. The average Bonchev–Trinajstić information content (AvgIpc) is 2.19. The van der Waals surface area contributed by atoms with E-state index in [1.807, 2.05) is 0 Å². The fraction of sp³-hybridized carbons (Fsp3) is 0.0909. The third kappa shape index (κ3) is 4.33. The molecule has 0 bridgehead atoms. The predicted octanol–water partition coefficient (Wildman–Crippen LogP) is 1.57. The molecule has 0 fully saturated rings. The van der Waals surface area contributed by atoms with E-state index in [2.05, 4.69) is 43.0 Å². The lowest BCUT2D eigenvalue weighted by atomic mass is 10.4. The first-order valence-electron chi connectivity index (χ1n) is 4.39. The average molecular weight is 190 g/mol. The number of hydrogen-bond donors (Lipinski definition) is 0. The topological polar surface area (TPSA) is 9.23 Å². The quantitative estimate of drug-likeness (QED) is 0.506. The molecule has 0 aliphatic heterocycles. The predicted molar refractivity (Wildman–Crippen MR) is 59.8 cm³/mol. The highest BCUT2D eigenvalue weighted by atomic mass is 28.2. The largest absolute Gasteiger partial charge is 0.474 e. The van der Waals surface area contributed by atoms with Crippen LogP contribution in [-0.4, -0.2) is 9.52 Å².